The number of hydrogen-bond donors (Lipinski definition) is 0. The number of hydrogen-bond acceptors (Lipinski definition) is 1. The standard InChI is InChI=1S/2C2H4.CN/c3*1-2/h2*1-2H2;/q;;-1. The molecule has 0 unspecified atom stereocenters. The molecule has 0 heterocycles. The first-order chi connectivity index (χ1) is 3.00. The smallest absolute Gasteiger partial charge is 0.106 e. The van der Waals surface area contributed by atoms with Crippen molar-refractivity contribution in [2.75, 3.05) is 0 Å². The maximum Gasteiger partial charge on any atom is -0.106 e. The molecule has 34 valence electrons. The molecule has 0 aromatic rings. The molecule has 0 amide bonds. The Labute approximate surface area is 39.2 Å². The van der Waals surface area contributed by atoms with E-state index in [0.29, 0.717) is 0 Å². The molecule has 0 aliphatic carbocycles. The van der Waals surface area contributed by atoms with E-state index in [9.17, 15) is 0 Å². The van der Waals surface area contributed by atoms with E-state index < -0.39 is 0 Å². The van der Waals surface area contributed by atoms with Crippen LogP contribution in [0.5, 0.6) is 0 Å². The largest absolute Gasteiger partial charge is 0.512 e. The first-order valence-electron chi connectivity index (χ1n) is 1.22. The van der Waals surface area contributed by atoms with Crippen LogP contribution in [-0.4, -0.2) is 0 Å². The average molecular weight is 82.1 g/mol. The van der Waals surface area contributed by atoms with Gasteiger partial charge in [0.15, 0.2) is 0 Å². The van der Waals surface area contributed by atoms with Crippen molar-refractivity contribution in [2.45, 2.75) is 0 Å². The number of rotatable bonds is 0. The van der Waals surface area contributed by atoms with E-state index in [1.165, 1.54) is 0 Å². The molecule has 0 N–H and O–H groups in total. The minimum atomic E-state index is 3.00. The Kier molecular flexibility index (Phi) is 111. The van der Waals surface area contributed by atoms with Gasteiger partial charge in [-0.25, -0.2) is 0 Å². The van der Waals surface area contributed by atoms with Gasteiger partial charge in [-0.3, -0.25) is 0 Å². The van der Waals surface area contributed by atoms with Crippen LogP contribution >= 0.6 is 0 Å². The molecule has 1 nitrogen and oxygen atoms in total. The maximum absolute atomic E-state index is 6.25. The van der Waals surface area contributed by atoms with Crippen molar-refractivity contribution in [1.82, 2.24) is 0 Å². The summed E-state index contributed by atoms with van der Waals surface area (Å²) in [6.07, 6.45) is 0. The summed E-state index contributed by atoms with van der Waals surface area (Å²) in [6.45, 7) is 16.8. The fraction of sp³-hybridized carbons (Fsp3) is 0. The van der Waals surface area contributed by atoms with Gasteiger partial charge >= 0.3 is 0 Å². The summed E-state index contributed by atoms with van der Waals surface area (Å²) >= 11 is 0. The molecule has 1 heteroatoms. The fourth-order valence-electron chi connectivity index (χ4n) is 0. The highest BCUT2D eigenvalue weighted by Crippen LogP contribution is 0.864. The molecule has 0 saturated heterocycles. The molecular weight excluding hydrogens is 74.1 g/mol. The zero-order chi connectivity index (χ0) is 6.00. The van der Waals surface area contributed by atoms with E-state index >= 15 is 0 Å². The highest BCUT2D eigenvalue weighted by molar-refractivity contribution is 4.22. The lowest BCUT2D eigenvalue weighted by atomic mass is 11.3. The zero-order valence-corrected chi connectivity index (χ0v) is 3.78. The van der Waals surface area contributed by atoms with E-state index in [-0.39, 0.29) is 0 Å². The Morgan fingerprint density at radius 3 is 0.833 bits per heavy atom. The first kappa shape index (κ1) is 20.2. The number of nitrogens with zero attached hydrogens (tertiary/aromatic N) is 1. The Balaban J connectivity index is -0.0000000225. The van der Waals surface area contributed by atoms with Crippen LogP contribution in [0.1, 0.15) is 0 Å². The van der Waals surface area contributed by atoms with Crippen molar-refractivity contribution in [3.63, 3.8) is 0 Å². The van der Waals surface area contributed by atoms with Gasteiger partial charge in [-0.05, 0) is 0 Å². The molecule has 0 atom stereocenters. The molecule has 0 aromatic heterocycles. The molecule has 0 rings (SSSR count). The van der Waals surface area contributed by atoms with Crippen molar-refractivity contribution in [3.05, 3.63) is 32.9 Å². The van der Waals surface area contributed by atoms with Crippen molar-refractivity contribution in [1.29, 1.82) is 5.26 Å². The van der Waals surface area contributed by atoms with Gasteiger partial charge in [0.2, 0.25) is 0 Å². The second-order valence-corrected chi connectivity index (χ2v) is 0. The molecule has 0 bridgehead atoms. The lowest BCUT2D eigenvalue weighted by molar-refractivity contribution is 1.53. The third-order valence-corrected chi connectivity index (χ3v) is 0. The van der Waals surface area contributed by atoms with E-state index in [2.05, 4.69) is 26.3 Å². The Morgan fingerprint density at radius 1 is 0.833 bits per heavy atom. The molecule has 0 aromatic carbocycles. The van der Waals surface area contributed by atoms with E-state index in [1.807, 2.05) is 0 Å². The van der Waals surface area contributed by atoms with Crippen LogP contribution in [-0.2, 0) is 0 Å². The summed E-state index contributed by atoms with van der Waals surface area (Å²) in [5.41, 5.74) is 0. The summed E-state index contributed by atoms with van der Waals surface area (Å²) in [5.74, 6) is 0. The molecule has 6 heavy (non-hydrogen) atoms. The Morgan fingerprint density at radius 2 is 0.833 bits per heavy atom. The molecule has 0 fully saturated rings. The quantitative estimate of drug-likeness (QED) is 0.322. The van der Waals surface area contributed by atoms with Crippen molar-refractivity contribution < 1.29 is 0 Å². The predicted octanol–water partition coefficient (Wildman–Crippen LogP) is 1.70. The highest BCUT2D eigenvalue weighted by atomic mass is 14.2. The third-order valence-electron chi connectivity index (χ3n) is 0. The molecular formula is C5H8N-. The lowest BCUT2D eigenvalue weighted by Gasteiger charge is -1.08. The normalized spacial score (nSPS) is 1.67. The van der Waals surface area contributed by atoms with Gasteiger partial charge in [0.1, 0.15) is 0 Å². The molecule has 0 spiro atoms. The van der Waals surface area contributed by atoms with Gasteiger partial charge in [-0.1, -0.05) is 0 Å². The minimum absolute atomic E-state index is 3.00. The van der Waals surface area contributed by atoms with Crippen LogP contribution in [0.3, 0.4) is 0 Å². The lowest BCUT2D eigenvalue weighted by Crippen LogP contribution is -0.552. The van der Waals surface area contributed by atoms with Crippen LogP contribution in [0.2, 0.25) is 0 Å². The highest BCUT2D eigenvalue weighted by Gasteiger charge is 0.603. The van der Waals surface area contributed by atoms with Gasteiger partial charge in [0, 0.05) is 0 Å². The monoisotopic (exact) mass is 82.1 g/mol. The molecule has 0 aliphatic rings. The van der Waals surface area contributed by atoms with E-state index in [0.717, 1.165) is 0 Å². The Bertz CT molecular complexity index is 20.4. The van der Waals surface area contributed by atoms with Crippen molar-refractivity contribution in [3.8, 4) is 0 Å². The second kappa shape index (κ2) is 33.0. The summed E-state index contributed by atoms with van der Waals surface area (Å²) < 4.78 is 0. The molecule has 0 saturated carbocycles. The predicted molar refractivity (Wildman–Crippen MR) is 27.5 cm³/mol. The topological polar surface area (TPSA) is 23.8 Å². The van der Waals surface area contributed by atoms with Gasteiger partial charge in [0.05, 0.1) is 0 Å². The van der Waals surface area contributed by atoms with Crippen LogP contribution in [0.4, 0.5) is 0 Å². The van der Waals surface area contributed by atoms with Crippen molar-refractivity contribution in [2.24, 2.45) is 0 Å². The third kappa shape index (κ3) is 10.9. The summed E-state index contributed by atoms with van der Waals surface area (Å²) in [6, 6.07) is 0. The molecule has 0 radical (unpaired) electrons. The van der Waals surface area contributed by atoms with Gasteiger partial charge in [-0.15, -0.1) is 26.3 Å². The van der Waals surface area contributed by atoms with Crippen LogP contribution < -0.4 is 0 Å². The van der Waals surface area contributed by atoms with Crippen LogP contribution in [0.15, 0.2) is 26.3 Å². The first-order valence-corrected chi connectivity index (χ1v) is 1.22. The maximum atomic E-state index is 6.25. The van der Waals surface area contributed by atoms with Gasteiger partial charge < -0.3 is 11.8 Å². The fourth-order valence-corrected chi connectivity index (χ4v) is 0. The molecule has 0 aliphatic heterocycles. The minimum Gasteiger partial charge on any atom is -0.512 e. The summed E-state index contributed by atoms with van der Waals surface area (Å²) in [7, 11) is 0. The van der Waals surface area contributed by atoms with E-state index in [4.69, 9.17) is 11.8 Å². The van der Waals surface area contributed by atoms with Crippen LogP contribution in [0.25, 0.3) is 0 Å². The Hall–Kier alpha value is -1.03. The second-order valence-electron chi connectivity index (χ2n) is 0. The van der Waals surface area contributed by atoms with Crippen LogP contribution in [0, 0.1) is 11.8 Å². The summed E-state index contributed by atoms with van der Waals surface area (Å²) in [5, 5.41) is 6.25. The SMILES string of the molecule is C=C.C=C.[C-]#N. The van der Waals surface area contributed by atoms with Gasteiger partial charge in [-0.2, -0.15) is 0 Å². The van der Waals surface area contributed by atoms with E-state index in [1.54, 1.807) is 0 Å². The average Bonchev–Trinajstić information content (AvgIpc) is 1.81. The zero-order valence-electron chi connectivity index (χ0n) is 3.78. The van der Waals surface area contributed by atoms with Gasteiger partial charge in [0.25, 0.3) is 0 Å². The summed E-state index contributed by atoms with van der Waals surface area (Å²) in [4.78, 5) is 0. The van der Waals surface area contributed by atoms with Crippen molar-refractivity contribution >= 4 is 0 Å².